The van der Waals surface area contributed by atoms with Crippen LogP contribution in [0.2, 0.25) is 0 Å². The molecule has 0 radical (unpaired) electrons. The van der Waals surface area contributed by atoms with E-state index in [2.05, 4.69) is 13.2 Å². The molecular weight excluding hydrogens is 320 g/mol. The summed E-state index contributed by atoms with van der Waals surface area (Å²) in [6.07, 6.45) is 2.56. The maximum atomic E-state index is 12.5. The SMILES string of the molecule is C=C1C(=O)OC2C1C(OC(=O)C(C)CC)C1(O)C(C)=CCCC(=C)C21. The van der Waals surface area contributed by atoms with Gasteiger partial charge in [-0.3, -0.25) is 4.79 Å². The Hall–Kier alpha value is -1.88. The number of allylic oxidation sites excluding steroid dienone is 1. The van der Waals surface area contributed by atoms with E-state index in [9.17, 15) is 14.7 Å². The molecule has 0 spiro atoms. The summed E-state index contributed by atoms with van der Waals surface area (Å²) >= 11 is 0. The van der Waals surface area contributed by atoms with Crippen molar-refractivity contribution in [2.75, 3.05) is 0 Å². The normalized spacial score (nSPS) is 38.4. The second-order valence-corrected chi connectivity index (χ2v) is 7.47. The Bertz CT molecular complexity index is 676. The number of ether oxygens (including phenoxy) is 2. The van der Waals surface area contributed by atoms with Crippen LogP contribution in [0.1, 0.15) is 40.0 Å². The summed E-state index contributed by atoms with van der Waals surface area (Å²) in [6.45, 7) is 13.5. The summed E-state index contributed by atoms with van der Waals surface area (Å²) in [7, 11) is 0. The molecule has 3 rings (SSSR count). The standard InChI is InChI=1S/C20H26O5/c1-6-10(2)18(21)25-17-14-13(5)19(22)24-16(14)15-11(3)8-7-9-12(4)20(15,17)23/h9-10,14-17,23H,3,5-8H2,1-2,4H3. The third-order valence-electron chi connectivity index (χ3n) is 6.07. The van der Waals surface area contributed by atoms with E-state index in [4.69, 9.17) is 9.47 Å². The van der Waals surface area contributed by atoms with Crippen molar-refractivity contribution in [2.24, 2.45) is 17.8 Å². The molecule has 0 aromatic heterocycles. The zero-order valence-electron chi connectivity index (χ0n) is 15.1. The van der Waals surface area contributed by atoms with Gasteiger partial charge >= 0.3 is 11.9 Å². The average Bonchev–Trinajstić information content (AvgIpc) is 2.94. The molecule has 1 saturated heterocycles. The van der Waals surface area contributed by atoms with Gasteiger partial charge in [0.05, 0.1) is 17.8 Å². The van der Waals surface area contributed by atoms with Crippen molar-refractivity contribution in [1.29, 1.82) is 0 Å². The highest BCUT2D eigenvalue weighted by Gasteiger charge is 2.68. The van der Waals surface area contributed by atoms with Gasteiger partial charge in [-0.2, -0.15) is 0 Å². The van der Waals surface area contributed by atoms with Crippen molar-refractivity contribution in [1.82, 2.24) is 0 Å². The van der Waals surface area contributed by atoms with Crippen LogP contribution < -0.4 is 0 Å². The van der Waals surface area contributed by atoms with E-state index in [0.29, 0.717) is 12.8 Å². The Morgan fingerprint density at radius 2 is 2.20 bits per heavy atom. The Labute approximate surface area is 148 Å². The Morgan fingerprint density at radius 3 is 2.84 bits per heavy atom. The molecule has 6 atom stereocenters. The van der Waals surface area contributed by atoms with Crippen molar-refractivity contribution in [3.63, 3.8) is 0 Å². The second kappa shape index (κ2) is 6.13. The predicted molar refractivity (Wildman–Crippen MR) is 92.4 cm³/mol. The summed E-state index contributed by atoms with van der Waals surface area (Å²) in [6, 6.07) is 0. The Kier molecular flexibility index (Phi) is 4.40. The molecule has 1 heterocycles. The van der Waals surface area contributed by atoms with Gasteiger partial charge in [-0.05, 0) is 31.8 Å². The molecule has 1 aliphatic heterocycles. The van der Waals surface area contributed by atoms with E-state index < -0.39 is 35.6 Å². The number of rotatable bonds is 3. The minimum Gasteiger partial charge on any atom is -0.458 e. The largest absolute Gasteiger partial charge is 0.458 e. The van der Waals surface area contributed by atoms with E-state index in [1.54, 1.807) is 6.92 Å². The molecule has 0 amide bonds. The van der Waals surface area contributed by atoms with Crippen molar-refractivity contribution in [2.45, 2.75) is 57.8 Å². The lowest BCUT2D eigenvalue weighted by Crippen LogP contribution is -2.49. The molecule has 136 valence electrons. The minimum absolute atomic E-state index is 0.258. The Balaban J connectivity index is 2.08. The van der Waals surface area contributed by atoms with E-state index in [0.717, 1.165) is 17.6 Å². The second-order valence-electron chi connectivity index (χ2n) is 7.47. The van der Waals surface area contributed by atoms with Crippen LogP contribution in [0, 0.1) is 17.8 Å². The van der Waals surface area contributed by atoms with Crippen LogP contribution in [-0.2, 0) is 19.1 Å². The molecule has 0 bridgehead atoms. The van der Waals surface area contributed by atoms with Crippen molar-refractivity contribution < 1.29 is 24.2 Å². The summed E-state index contributed by atoms with van der Waals surface area (Å²) in [5.74, 6) is -2.19. The van der Waals surface area contributed by atoms with Gasteiger partial charge in [0, 0.05) is 5.57 Å². The maximum absolute atomic E-state index is 12.5. The summed E-state index contributed by atoms with van der Waals surface area (Å²) in [4.78, 5) is 24.5. The molecular formula is C20H26O5. The highest BCUT2D eigenvalue weighted by Crippen LogP contribution is 2.56. The fraction of sp³-hybridized carbons (Fsp3) is 0.600. The fourth-order valence-electron chi connectivity index (χ4n) is 4.32. The summed E-state index contributed by atoms with van der Waals surface area (Å²) in [5, 5.41) is 11.7. The molecule has 0 aromatic carbocycles. The first-order valence-electron chi connectivity index (χ1n) is 8.91. The molecule has 5 nitrogen and oxygen atoms in total. The molecule has 1 saturated carbocycles. The number of esters is 2. The number of carbonyl (C=O) groups is 2. The zero-order chi connectivity index (χ0) is 18.5. The van der Waals surface area contributed by atoms with Crippen LogP contribution in [0.15, 0.2) is 36.0 Å². The zero-order valence-corrected chi connectivity index (χ0v) is 15.1. The smallest absolute Gasteiger partial charge is 0.334 e. The minimum atomic E-state index is -1.42. The quantitative estimate of drug-likeness (QED) is 0.483. The molecule has 0 aromatic rings. The monoisotopic (exact) mass is 346 g/mol. The first-order chi connectivity index (χ1) is 11.7. The van der Waals surface area contributed by atoms with E-state index in [-0.39, 0.29) is 17.5 Å². The van der Waals surface area contributed by atoms with Gasteiger partial charge in [-0.1, -0.05) is 38.7 Å². The average molecular weight is 346 g/mol. The third kappa shape index (κ3) is 2.48. The van der Waals surface area contributed by atoms with Crippen molar-refractivity contribution >= 4 is 11.9 Å². The van der Waals surface area contributed by atoms with Gasteiger partial charge in [0.15, 0.2) is 0 Å². The summed E-state index contributed by atoms with van der Waals surface area (Å²) in [5.41, 5.74) is 0.385. The predicted octanol–water partition coefficient (Wildman–Crippen LogP) is 2.70. The molecule has 6 unspecified atom stereocenters. The third-order valence-corrected chi connectivity index (χ3v) is 6.07. The van der Waals surface area contributed by atoms with Crippen LogP contribution in [0.5, 0.6) is 0 Å². The lowest BCUT2D eigenvalue weighted by Gasteiger charge is -2.37. The first kappa shape index (κ1) is 17.9. The molecule has 2 fully saturated rings. The van der Waals surface area contributed by atoms with Gasteiger partial charge in [0.2, 0.25) is 0 Å². The molecule has 5 heteroatoms. The van der Waals surface area contributed by atoms with Crippen molar-refractivity contribution in [3.05, 3.63) is 36.0 Å². The molecule has 25 heavy (non-hydrogen) atoms. The molecule has 2 aliphatic carbocycles. The van der Waals surface area contributed by atoms with Crippen LogP contribution in [0.25, 0.3) is 0 Å². The number of carbonyl (C=O) groups excluding carboxylic acids is 2. The van der Waals surface area contributed by atoms with E-state index in [1.807, 2.05) is 19.9 Å². The van der Waals surface area contributed by atoms with Crippen LogP contribution in [0.3, 0.4) is 0 Å². The lowest BCUT2D eigenvalue weighted by atomic mass is 9.79. The van der Waals surface area contributed by atoms with Crippen LogP contribution >= 0.6 is 0 Å². The van der Waals surface area contributed by atoms with E-state index in [1.165, 1.54) is 0 Å². The number of aliphatic hydroxyl groups is 1. The van der Waals surface area contributed by atoms with Gasteiger partial charge in [0.1, 0.15) is 17.8 Å². The highest BCUT2D eigenvalue weighted by molar-refractivity contribution is 5.91. The molecule has 3 aliphatic rings. The lowest BCUT2D eigenvalue weighted by molar-refractivity contribution is -0.167. The Morgan fingerprint density at radius 1 is 1.52 bits per heavy atom. The number of fused-ring (bicyclic) bond motifs is 3. The van der Waals surface area contributed by atoms with Crippen molar-refractivity contribution in [3.8, 4) is 0 Å². The maximum Gasteiger partial charge on any atom is 0.334 e. The van der Waals surface area contributed by atoms with Gasteiger partial charge in [-0.15, -0.1) is 0 Å². The first-order valence-corrected chi connectivity index (χ1v) is 8.91. The van der Waals surface area contributed by atoms with Gasteiger partial charge in [0.25, 0.3) is 0 Å². The number of hydrogen-bond acceptors (Lipinski definition) is 5. The van der Waals surface area contributed by atoms with E-state index >= 15 is 0 Å². The number of hydrogen-bond donors (Lipinski definition) is 1. The summed E-state index contributed by atoms with van der Waals surface area (Å²) < 4.78 is 11.3. The topological polar surface area (TPSA) is 72.8 Å². The van der Waals surface area contributed by atoms with Gasteiger partial charge in [-0.25, -0.2) is 4.79 Å². The fourth-order valence-corrected chi connectivity index (χ4v) is 4.32. The molecule has 1 N–H and O–H groups in total. The van der Waals surface area contributed by atoms with Crippen LogP contribution in [-0.4, -0.2) is 34.9 Å². The highest BCUT2D eigenvalue weighted by atomic mass is 16.6. The van der Waals surface area contributed by atoms with Crippen LogP contribution in [0.4, 0.5) is 0 Å². The van der Waals surface area contributed by atoms with Gasteiger partial charge < -0.3 is 14.6 Å².